The van der Waals surface area contributed by atoms with Gasteiger partial charge in [0.15, 0.2) is 0 Å². The molecular weight excluding hydrogens is 266 g/mol. The number of hydrogen-bond donors (Lipinski definition) is 2. The molecule has 2 aromatic heterocycles. The van der Waals surface area contributed by atoms with Crippen molar-refractivity contribution in [3.05, 3.63) is 39.4 Å². The number of rotatable bonds is 5. The lowest BCUT2D eigenvalue weighted by Crippen LogP contribution is -2.20. The first-order valence-electron chi connectivity index (χ1n) is 5.61. The number of aliphatic hydroxyl groups is 1. The lowest BCUT2D eigenvalue weighted by atomic mass is 10.3. The first kappa shape index (κ1) is 13.4. The average molecular weight is 279 g/mol. The Morgan fingerprint density at radius 3 is 3.05 bits per heavy atom. The van der Waals surface area contributed by atoms with Crippen molar-refractivity contribution < 1.29 is 14.5 Å². The summed E-state index contributed by atoms with van der Waals surface area (Å²) in [5.74, 6) is -0.221. The Kier molecular flexibility index (Phi) is 4.43. The molecule has 0 saturated heterocycles. The molecule has 19 heavy (non-hydrogen) atoms. The van der Waals surface area contributed by atoms with Gasteiger partial charge in [-0.15, -0.1) is 11.3 Å². The number of nitrogens with zero attached hydrogens (tertiary/aromatic N) is 2. The van der Waals surface area contributed by atoms with Gasteiger partial charge in [0.25, 0.3) is 0 Å². The summed E-state index contributed by atoms with van der Waals surface area (Å²) in [5.41, 5.74) is 2.12. The molecule has 1 amide bonds. The van der Waals surface area contributed by atoms with Crippen molar-refractivity contribution in [2.75, 3.05) is 0 Å². The highest BCUT2D eigenvalue weighted by Gasteiger charge is 2.05. The molecule has 2 aromatic rings. The van der Waals surface area contributed by atoms with Crippen LogP contribution in [-0.2, 0) is 17.9 Å². The molecule has 2 rings (SSSR count). The summed E-state index contributed by atoms with van der Waals surface area (Å²) in [5, 5.41) is 20.8. The zero-order valence-electron chi connectivity index (χ0n) is 10.3. The third-order valence-electron chi connectivity index (χ3n) is 2.43. The average Bonchev–Trinajstić information content (AvgIpc) is 3.02. The largest absolute Gasteiger partial charge is 0.392 e. The molecule has 6 nitrogen and oxygen atoms in total. The highest BCUT2D eigenvalue weighted by Crippen LogP contribution is 2.15. The van der Waals surface area contributed by atoms with E-state index < -0.39 is 0 Å². The molecule has 2 heterocycles. The summed E-state index contributed by atoms with van der Waals surface area (Å²) in [6.45, 7) is 2.05. The van der Waals surface area contributed by atoms with Gasteiger partial charge < -0.3 is 10.4 Å². The molecule has 0 aliphatic heterocycles. The molecule has 0 aliphatic rings. The Morgan fingerprint density at radius 2 is 2.42 bits per heavy atom. The van der Waals surface area contributed by atoms with E-state index in [4.69, 9.17) is 5.11 Å². The van der Waals surface area contributed by atoms with Gasteiger partial charge >= 0.3 is 0 Å². The quantitative estimate of drug-likeness (QED) is 0.804. The second kappa shape index (κ2) is 6.26. The molecule has 0 fully saturated rings. The Hall–Kier alpha value is -1.99. The van der Waals surface area contributed by atoms with Crippen LogP contribution in [0.1, 0.15) is 21.8 Å². The van der Waals surface area contributed by atoms with E-state index in [2.05, 4.69) is 20.3 Å². The van der Waals surface area contributed by atoms with E-state index >= 15 is 0 Å². The van der Waals surface area contributed by atoms with Crippen molar-refractivity contribution in [1.29, 1.82) is 0 Å². The fraction of sp³-hybridized carbons (Fsp3) is 0.250. The summed E-state index contributed by atoms with van der Waals surface area (Å²) in [6.07, 6.45) is 3.14. The lowest BCUT2D eigenvalue weighted by molar-refractivity contribution is -0.116. The molecular formula is C12H13N3O3S. The van der Waals surface area contributed by atoms with Gasteiger partial charge in [-0.2, -0.15) is 0 Å². The summed E-state index contributed by atoms with van der Waals surface area (Å²) in [4.78, 5) is 12.5. The molecule has 0 radical (unpaired) electrons. The minimum absolute atomic E-state index is 0.00890. The third kappa shape index (κ3) is 3.73. The van der Waals surface area contributed by atoms with Gasteiger partial charge in [-0.25, -0.2) is 4.63 Å². The summed E-state index contributed by atoms with van der Waals surface area (Å²) in [6, 6.07) is 1.83. The van der Waals surface area contributed by atoms with E-state index in [-0.39, 0.29) is 19.1 Å². The predicted octanol–water partition coefficient (Wildman–Crippen LogP) is 1.26. The molecule has 0 bridgehead atoms. The van der Waals surface area contributed by atoms with Crippen molar-refractivity contribution in [2.45, 2.75) is 20.1 Å². The van der Waals surface area contributed by atoms with Gasteiger partial charge in [0, 0.05) is 11.0 Å². The number of thiophene rings is 1. The maximum absolute atomic E-state index is 11.6. The van der Waals surface area contributed by atoms with Crippen molar-refractivity contribution >= 4 is 23.3 Å². The minimum atomic E-state index is -0.221. The van der Waals surface area contributed by atoms with Crippen LogP contribution in [0.25, 0.3) is 6.08 Å². The normalized spacial score (nSPS) is 11.1. The molecule has 0 unspecified atom stereocenters. The van der Waals surface area contributed by atoms with E-state index in [1.807, 2.05) is 11.4 Å². The number of nitrogens with one attached hydrogen (secondary N) is 1. The number of aryl methyl sites for hydroxylation is 1. The van der Waals surface area contributed by atoms with E-state index in [1.165, 1.54) is 17.4 Å². The second-order valence-electron chi connectivity index (χ2n) is 3.86. The fourth-order valence-electron chi connectivity index (χ4n) is 1.36. The van der Waals surface area contributed by atoms with Crippen molar-refractivity contribution in [1.82, 2.24) is 15.6 Å². The minimum Gasteiger partial charge on any atom is -0.392 e. The van der Waals surface area contributed by atoms with Crippen LogP contribution in [-0.4, -0.2) is 21.3 Å². The topological polar surface area (TPSA) is 88.3 Å². The molecule has 0 saturated carbocycles. The number of hydrogen-bond acceptors (Lipinski definition) is 6. The Morgan fingerprint density at radius 1 is 1.58 bits per heavy atom. The van der Waals surface area contributed by atoms with Gasteiger partial charge in [-0.1, -0.05) is 10.3 Å². The fourth-order valence-corrected chi connectivity index (χ4v) is 2.16. The molecule has 0 atom stereocenters. The Labute approximate surface area is 113 Å². The zero-order chi connectivity index (χ0) is 13.7. The monoisotopic (exact) mass is 279 g/mol. The van der Waals surface area contributed by atoms with Crippen LogP contribution in [0.3, 0.4) is 0 Å². The molecule has 7 heteroatoms. The molecule has 2 N–H and O–H groups in total. The Bertz CT molecular complexity index is 589. The predicted molar refractivity (Wildman–Crippen MR) is 70.2 cm³/mol. The molecule has 0 spiro atoms. The van der Waals surface area contributed by atoms with Crippen molar-refractivity contribution in [2.24, 2.45) is 0 Å². The number of aromatic nitrogens is 2. The van der Waals surface area contributed by atoms with Gasteiger partial charge in [0.05, 0.1) is 13.2 Å². The van der Waals surface area contributed by atoms with Gasteiger partial charge in [-0.05, 0) is 30.0 Å². The number of aliphatic hydroxyl groups excluding tert-OH is 1. The van der Waals surface area contributed by atoms with Gasteiger partial charge in [-0.3, -0.25) is 4.79 Å². The highest BCUT2D eigenvalue weighted by molar-refractivity contribution is 7.11. The summed E-state index contributed by atoms with van der Waals surface area (Å²) in [7, 11) is 0. The van der Waals surface area contributed by atoms with E-state index in [9.17, 15) is 4.79 Å². The van der Waals surface area contributed by atoms with Crippen LogP contribution in [0, 0.1) is 6.92 Å². The molecule has 100 valence electrons. The number of amides is 1. The van der Waals surface area contributed by atoms with E-state index in [1.54, 1.807) is 13.0 Å². The molecule has 0 aromatic carbocycles. The first-order valence-corrected chi connectivity index (χ1v) is 6.49. The zero-order valence-corrected chi connectivity index (χ0v) is 11.1. The van der Waals surface area contributed by atoms with E-state index in [0.29, 0.717) is 11.4 Å². The van der Waals surface area contributed by atoms with Crippen molar-refractivity contribution in [3.8, 4) is 0 Å². The van der Waals surface area contributed by atoms with Crippen LogP contribution in [0.2, 0.25) is 0 Å². The van der Waals surface area contributed by atoms with Crippen LogP contribution < -0.4 is 5.32 Å². The van der Waals surface area contributed by atoms with Gasteiger partial charge in [0.2, 0.25) is 5.91 Å². The van der Waals surface area contributed by atoms with Crippen LogP contribution in [0.4, 0.5) is 0 Å². The number of carbonyl (C=O) groups excluding carboxylic acids is 1. The highest BCUT2D eigenvalue weighted by atomic mass is 32.1. The van der Waals surface area contributed by atoms with Crippen LogP contribution >= 0.6 is 11.3 Å². The smallest absolute Gasteiger partial charge is 0.244 e. The standard InChI is InChI=1S/C12H13N3O3S/c1-8-11(15-18-14-8)5-13-12(17)3-2-10-4-9(6-16)7-19-10/h2-4,7,16H,5-6H2,1H3,(H,13,17). The SMILES string of the molecule is Cc1nonc1CNC(=O)C=Cc1cc(CO)cs1. The lowest BCUT2D eigenvalue weighted by Gasteiger charge is -1.97. The third-order valence-corrected chi connectivity index (χ3v) is 3.38. The van der Waals surface area contributed by atoms with Crippen LogP contribution in [0.15, 0.2) is 22.2 Å². The summed E-state index contributed by atoms with van der Waals surface area (Å²) >= 11 is 1.47. The maximum Gasteiger partial charge on any atom is 0.244 e. The summed E-state index contributed by atoms with van der Waals surface area (Å²) < 4.78 is 4.53. The molecule has 0 aliphatic carbocycles. The van der Waals surface area contributed by atoms with Crippen molar-refractivity contribution in [3.63, 3.8) is 0 Å². The van der Waals surface area contributed by atoms with E-state index in [0.717, 1.165) is 10.4 Å². The maximum atomic E-state index is 11.6. The second-order valence-corrected chi connectivity index (χ2v) is 4.81. The van der Waals surface area contributed by atoms with Crippen LogP contribution in [0.5, 0.6) is 0 Å². The van der Waals surface area contributed by atoms with Gasteiger partial charge in [0.1, 0.15) is 11.4 Å². The number of carbonyl (C=O) groups is 1. The first-order chi connectivity index (χ1) is 9.19. The Balaban J connectivity index is 1.85.